The monoisotopic (exact) mass is 209 g/mol. The van der Waals surface area contributed by atoms with Gasteiger partial charge in [0, 0.05) is 22.9 Å². The molecule has 0 bridgehead atoms. The number of hydrogen-bond acceptors (Lipinski definition) is 2. The first-order valence-corrected chi connectivity index (χ1v) is 5.97. The summed E-state index contributed by atoms with van der Waals surface area (Å²) >= 11 is 1.79. The summed E-state index contributed by atoms with van der Waals surface area (Å²) in [6, 6.07) is 0. The Balaban J connectivity index is 2.15. The lowest BCUT2D eigenvalue weighted by atomic mass is 10.1. The number of hydrogen-bond donors (Lipinski definition) is 2. The van der Waals surface area contributed by atoms with Crippen LogP contribution in [0.3, 0.4) is 0 Å². The van der Waals surface area contributed by atoms with Gasteiger partial charge in [0.1, 0.15) is 0 Å². The number of carboxylic acids is 1. The van der Waals surface area contributed by atoms with E-state index in [2.05, 4.69) is 4.98 Å². The van der Waals surface area contributed by atoms with Crippen LogP contribution in [-0.4, -0.2) is 16.1 Å². The van der Waals surface area contributed by atoms with Crippen molar-refractivity contribution in [3.05, 3.63) is 22.5 Å². The van der Waals surface area contributed by atoms with Crippen LogP contribution in [0.15, 0.2) is 0 Å². The molecule has 1 fully saturated rings. The van der Waals surface area contributed by atoms with Crippen molar-refractivity contribution < 1.29 is 9.90 Å². The molecule has 0 amide bonds. The smallest absolute Gasteiger partial charge is 0.337 e. The molecule has 3 nitrogen and oxygen atoms in total. The topological polar surface area (TPSA) is 53.1 Å². The van der Waals surface area contributed by atoms with Crippen molar-refractivity contribution in [2.45, 2.75) is 30.3 Å². The third-order valence-electron chi connectivity index (χ3n) is 2.91. The van der Waals surface area contributed by atoms with Gasteiger partial charge >= 0.3 is 5.97 Å². The van der Waals surface area contributed by atoms with Crippen molar-refractivity contribution in [3.8, 4) is 0 Å². The normalized spacial score (nSPS) is 19.7. The van der Waals surface area contributed by atoms with Crippen LogP contribution < -0.4 is 0 Å². The van der Waals surface area contributed by atoms with Gasteiger partial charge in [-0.05, 0) is 24.3 Å². The summed E-state index contributed by atoms with van der Waals surface area (Å²) in [7, 11) is 0. The summed E-state index contributed by atoms with van der Waals surface area (Å²) in [4.78, 5) is 14.4. The highest BCUT2D eigenvalue weighted by Crippen LogP contribution is 2.45. The van der Waals surface area contributed by atoms with Gasteiger partial charge in [0.05, 0.1) is 5.56 Å². The Morgan fingerprint density at radius 3 is 2.86 bits per heavy atom. The SMILES string of the molecule is O=C(O)c1c(C2CC2)[nH]c2c1CSC2. The van der Waals surface area contributed by atoms with Crippen molar-refractivity contribution in [1.29, 1.82) is 0 Å². The predicted octanol–water partition coefficient (Wildman–Crippen LogP) is 2.34. The molecule has 0 saturated heterocycles. The number of fused-ring (bicyclic) bond motifs is 1. The predicted molar refractivity (Wildman–Crippen MR) is 54.7 cm³/mol. The standard InChI is InChI=1S/C10H11NO2S/c12-10(13)8-6-3-14-4-7(6)11-9(8)5-1-2-5/h5,11H,1-4H2,(H,12,13). The van der Waals surface area contributed by atoms with E-state index in [1.807, 2.05) is 0 Å². The van der Waals surface area contributed by atoms with E-state index in [1.165, 1.54) is 0 Å². The van der Waals surface area contributed by atoms with Crippen molar-refractivity contribution in [3.63, 3.8) is 0 Å². The van der Waals surface area contributed by atoms with E-state index < -0.39 is 5.97 Å². The largest absolute Gasteiger partial charge is 0.478 e. The minimum absolute atomic E-state index is 0.497. The highest BCUT2D eigenvalue weighted by atomic mass is 32.2. The van der Waals surface area contributed by atoms with Gasteiger partial charge in [0.2, 0.25) is 0 Å². The molecule has 1 saturated carbocycles. The van der Waals surface area contributed by atoms with Crippen molar-refractivity contribution >= 4 is 17.7 Å². The average Bonchev–Trinajstić information content (AvgIpc) is 2.75. The zero-order chi connectivity index (χ0) is 9.71. The summed E-state index contributed by atoms with van der Waals surface area (Å²) in [5, 5.41) is 9.17. The number of rotatable bonds is 2. The Morgan fingerprint density at radius 1 is 1.43 bits per heavy atom. The van der Waals surface area contributed by atoms with Crippen LogP contribution in [0.4, 0.5) is 0 Å². The lowest BCUT2D eigenvalue weighted by molar-refractivity contribution is 0.0695. The van der Waals surface area contributed by atoms with E-state index in [0.717, 1.165) is 41.3 Å². The van der Waals surface area contributed by atoms with Gasteiger partial charge in [-0.25, -0.2) is 4.79 Å². The first-order valence-electron chi connectivity index (χ1n) is 4.82. The molecule has 74 valence electrons. The number of H-pyrrole nitrogens is 1. The van der Waals surface area contributed by atoms with Crippen LogP contribution >= 0.6 is 11.8 Å². The summed E-state index contributed by atoms with van der Waals surface area (Å²) in [5.41, 5.74) is 3.76. The summed E-state index contributed by atoms with van der Waals surface area (Å²) in [5.74, 6) is 1.55. The Kier molecular flexibility index (Phi) is 1.68. The fourth-order valence-corrected chi connectivity index (χ4v) is 3.15. The molecule has 0 atom stereocenters. The molecule has 1 aliphatic heterocycles. The molecule has 0 aromatic carbocycles. The number of carboxylic acid groups (broad SMARTS) is 1. The summed E-state index contributed by atoms with van der Waals surface area (Å²) < 4.78 is 0. The second-order valence-corrected chi connectivity index (χ2v) is 4.93. The van der Waals surface area contributed by atoms with E-state index in [4.69, 9.17) is 5.11 Å². The Hall–Kier alpha value is -0.900. The average molecular weight is 209 g/mol. The molecule has 2 N–H and O–H groups in total. The van der Waals surface area contributed by atoms with Crippen LogP contribution in [-0.2, 0) is 11.5 Å². The van der Waals surface area contributed by atoms with Gasteiger partial charge in [-0.15, -0.1) is 0 Å². The molecule has 2 heterocycles. The number of aromatic nitrogens is 1. The third-order valence-corrected chi connectivity index (χ3v) is 3.90. The number of carbonyl (C=O) groups is 1. The van der Waals surface area contributed by atoms with E-state index in [9.17, 15) is 4.79 Å². The second kappa shape index (κ2) is 2.79. The number of aromatic amines is 1. The van der Waals surface area contributed by atoms with E-state index in [0.29, 0.717) is 11.5 Å². The van der Waals surface area contributed by atoms with Gasteiger partial charge in [-0.1, -0.05) is 0 Å². The van der Waals surface area contributed by atoms with E-state index >= 15 is 0 Å². The molecule has 0 unspecified atom stereocenters. The van der Waals surface area contributed by atoms with Crippen LogP contribution in [0.5, 0.6) is 0 Å². The molecule has 1 aromatic rings. The number of nitrogens with one attached hydrogen (secondary N) is 1. The maximum atomic E-state index is 11.1. The molecule has 2 aliphatic rings. The highest BCUT2D eigenvalue weighted by Gasteiger charge is 2.34. The van der Waals surface area contributed by atoms with Crippen molar-refractivity contribution in [1.82, 2.24) is 4.98 Å². The maximum absolute atomic E-state index is 11.1. The minimum Gasteiger partial charge on any atom is -0.478 e. The molecular weight excluding hydrogens is 198 g/mol. The molecular formula is C10H11NO2S. The van der Waals surface area contributed by atoms with Gasteiger partial charge < -0.3 is 10.1 Å². The van der Waals surface area contributed by atoms with Crippen LogP contribution in [0.2, 0.25) is 0 Å². The fourth-order valence-electron chi connectivity index (χ4n) is 2.07. The minimum atomic E-state index is -0.757. The van der Waals surface area contributed by atoms with Gasteiger partial charge in [-0.3, -0.25) is 0 Å². The maximum Gasteiger partial charge on any atom is 0.337 e. The Bertz CT molecular complexity index is 406. The van der Waals surface area contributed by atoms with Gasteiger partial charge in [-0.2, -0.15) is 11.8 Å². The fraction of sp³-hybridized carbons (Fsp3) is 0.500. The number of thioether (sulfide) groups is 1. The Morgan fingerprint density at radius 2 is 2.21 bits per heavy atom. The van der Waals surface area contributed by atoms with Crippen molar-refractivity contribution in [2.24, 2.45) is 0 Å². The summed E-state index contributed by atoms with van der Waals surface area (Å²) in [6.45, 7) is 0. The van der Waals surface area contributed by atoms with E-state index in [-0.39, 0.29) is 0 Å². The quantitative estimate of drug-likeness (QED) is 0.786. The zero-order valence-electron chi connectivity index (χ0n) is 7.67. The number of aromatic carboxylic acids is 1. The Labute approximate surface area is 85.9 Å². The van der Waals surface area contributed by atoms with Crippen LogP contribution in [0.25, 0.3) is 0 Å². The molecule has 14 heavy (non-hydrogen) atoms. The summed E-state index contributed by atoms with van der Waals surface area (Å²) in [6.07, 6.45) is 2.29. The second-order valence-electron chi connectivity index (χ2n) is 3.94. The first kappa shape index (κ1) is 8.41. The molecule has 4 heteroatoms. The lowest BCUT2D eigenvalue weighted by Gasteiger charge is -1.99. The van der Waals surface area contributed by atoms with Crippen molar-refractivity contribution in [2.75, 3.05) is 0 Å². The van der Waals surface area contributed by atoms with Crippen LogP contribution in [0.1, 0.15) is 46.1 Å². The first-order chi connectivity index (χ1) is 6.77. The molecule has 0 radical (unpaired) electrons. The molecule has 0 spiro atoms. The molecule has 1 aliphatic carbocycles. The lowest BCUT2D eigenvalue weighted by Crippen LogP contribution is -2.01. The van der Waals surface area contributed by atoms with E-state index in [1.54, 1.807) is 11.8 Å². The van der Waals surface area contributed by atoms with Gasteiger partial charge in [0.15, 0.2) is 0 Å². The molecule has 1 aromatic heterocycles. The zero-order valence-corrected chi connectivity index (χ0v) is 8.49. The van der Waals surface area contributed by atoms with Crippen LogP contribution in [0, 0.1) is 0 Å². The highest BCUT2D eigenvalue weighted by molar-refractivity contribution is 7.98. The molecule has 3 rings (SSSR count). The third kappa shape index (κ3) is 1.10. The van der Waals surface area contributed by atoms with Gasteiger partial charge in [0.25, 0.3) is 0 Å².